The lowest BCUT2D eigenvalue weighted by atomic mass is 9.88. The van der Waals surface area contributed by atoms with Gasteiger partial charge < -0.3 is 10.2 Å². The monoisotopic (exact) mass is 322 g/mol. The van der Waals surface area contributed by atoms with Crippen molar-refractivity contribution >= 4 is 16.9 Å². The highest BCUT2D eigenvalue weighted by Gasteiger charge is 2.21. The van der Waals surface area contributed by atoms with Crippen molar-refractivity contribution < 1.29 is 9.63 Å². The largest absolute Gasteiger partial charge is 0.385 e. The van der Waals surface area contributed by atoms with E-state index in [9.17, 15) is 4.79 Å². The van der Waals surface area contributed by atoms with E-state index in [1.807, 2.05) is 36.4 Å². The fourth-order valence-corrected chi connectivity index (χ4v) is 3.20. The molecular formula is C18H18N4O2. The molecule has 6 nitrogen and oxygen atoms in total. The predicted molar refractivity (Wildman–Crippen MR) is 89.2 cm³/mol. The molecule has 6 heteroatoms. The van der Waals surface area contributed by atoms with Crippen molar-refractivity contribution in [1.29, 1.82) is 0 Å². The van der Waals surface area contributed by atoms with Gasteiger partial charge in [-0.3, -0.25) is 4.79 Å². The van der Waals surface area contributed by atoms with Crippen molar-refractivity contribution in [2.24, 2.45) is 0 Å². The van der Waals surface area contributed by atoms with E-state index >= 15 is 0 Å². The van der Waals surface area contributed by atoms with Crippen LogP contribution < -0.4 is 10.2 Å². The molecule has 122 valence electrons. The predicted octanol–water partition coefficient (Wildman–Crippen LogP) is 2.05. The first-order chi connectivity index (χ1) is 11.8. The molecule has 1 amide bonds. The van der Waals surface area contributed by atoms with Crippen molar-refractivity contribution in [3.8, 4) is 0 Å². The van der Waals surface area contributed by atoms with Crippen LogP contribution in [0.25, 0.3) is 11.0 Å². The van der Waals surface area contributed by atoms with E-state index in [0.29, 0.717) is 0 Å². The number of aromatic nitrogens is 3. The van der Waals surface area contributed by atoms with Crippen molar-refractivity contribution in [2.75, 3.05) is 6.61 Å². The summed E-state index contributed by atoms with van der Waals surface area (Å²) >= 11 is 0. The maximum absolute atomic E-state index is 12.3. The molecule has 1 heterocycles. The van der Waals surface area contributed by atoms with E-state index in [4.69, 9.17) is 4.84 Å². The topological polar surface area (TPSA) is 69.0 Å². The number of carbonyl (C=O) groups excluding carboxylic acids is 1. The zero-order valence-electron chi connectivity index (χ0n) is 13.2. The molecule has 0 spiro atoms. The fraction of sp³-hybridized carbons (Fsp3) is 0.278. The average Bonchev–Trinajstić information content (AvgIpc) is 3.04. The molecule has 0 aliphatic heterocycles. The smallest absolute Gasteiger partial charge is 0.261 e. The summed E-state index contributed by atoms with van der Waals surface area (Å²) in [6.07, 6.45) is 3.11. The maximum Gasteiger partial charge on any atom is 0.261 e. The van der Waals surface area contributed by atoms with Crippen LogP contribution in [0.4, 0.5) is 0 Å². The Morgan fingerprint density at radius 2 is 2.04 bits per heavy atom. The summed E-state index contributed by atoms with van der Waals surface area (Å²) in [4.78, 5) is 19.0. The summed E-state index contributed by atoms with van der Waals surface area (Å²) in [5.74, 6) is -0.156. The van der Waals surface area contributed by atoms with Gasteiger partial charge in [0.25, 0.3) is 5.91 Å². The normalized spacial score (nSPS) is 16.6. The van der Waals surface area contributed by atoms with Crippen LogP contribution in [0.1, 0.15) is 30.0 Å². The highest BCUT2D eigenvalue weighted by Crippen LogP contribution is 2.29. The Morgan fingerprint density at radius 1 is 1.21 bits per heavy atom. The summed E-state index contributed by atoms with van der Waals surface area (Å²) < 4.78 is 0. The quantitative estimate of drug-likeness (QED) is 0.798. The van der Waals surface area contributed by atoms with Gasteiger partial charge in [0.05, 0.1) is 6.04 Å². The molecule has 1 atom stereocenters. The lowest BCUT2D eigenvalue weighted by Crippen LogP contribution is -2.36. The Morgan fingerprint density at radius 3 is 3.00 bits per heavy atom. The molecule has 1 aliphatic rings. The Balaban J connectivity index is 1.41. The minimum atomic E-state index is -0.156. The van der Waals surface area contributed by atoms with Gasteiger partial charge in [0.15, 0.2) is 6.61 Å². The number of nitrogens with one attached hydrogen (secondary N) is 1. The first-order valence-corrected chi connectivity index (χ1v) is 8.12. The molecule has 3 aromatic rings. The number of carbonyl (C=O) groups is 1. The number of fused-ring (bicyclic) bond motifs is 2. The fourth-order valence-electron chi connectivity index (χ4n) is 3.20. The Labute approximate surface area is 139 Å². The molecule has 24 heavy (non-hydrogen) atoms. The highest BCUT2D eigenvalue weighted by molar-refractivity contribution is 5.78. The SMILES string of the molecule is O=C(COn1nnc2ccccc21)N[C@@H]1CCCc2ccccc21. The van der Waals surface area contributed by atoms with Crippen molar-refractivity contribution in [3.63, 3.8) is 0 Å². The number of para-hydroxylation sites is 1. The van der Waals surface area contributed by atoms with Crippen molar-refractivity contribution in [2.45, 2.75) is 25.3 Å². The molecule has 1 N–H and O–H groups in total. The minimum absolute atomic E-state index is 0.0542. The first kappa shape index (κ1) is 14.7. The van der Waals surface area contributed by atoms with Crippen LogP contribution in [0.5, 0.6) is 0 Å². The average molecular weight is 322 g/mol. The Kier molecular flexibility index (Phi) is 3.86. The zero-order chi connectivity index (χ0) is 16.4. The van der Waals surface area contributed by atoms with Crippen LogP contribution in [0, 0.1) is 0 Å². The first-order valence-electron chi connectivity index (χ1n) is 8.12. The van der Waals surface area contributed by atoms with Gasteiger partial charge in [-0.1, -0.05) is 41.2 Å². The third-order valence-electron chi connectivity index (χ3n) is 4.34. The van der Waals surface area contributed by atoms with Crippen LogP contribution in [0.3, 0.4) is 0 Å². The molecule has 0 bridgehead atoms. The van der Waals surface area contributed by atoms with Crippen LogP contribution in [0.2, 0.25) is 0 Å². The number of aryl methyl sites for hydroxylation is 1. The molecule has 0 saturated heterocycles. The van der Waals surface area contributed by atoms with Crippen LogP contribution >= 0.6 is 0 Å². The number of nitrogens with zero attached hydrogens (tertiary/aromatic N) is 3. The Hall–Kier alpha value is -2.89. The van der Waals surface area contributed by atoms with Gasteiger partial charge in [-0.2, -0.15) is 0 Å². The molecule has 1 aliphatic carbocycles. The highest BCUT2D eigenvalue weighted by atomic mass is 16.7. The van der Waals surface area contributed by atoms with Crippen LogP contribution in [0.15, 0.2) is 48.5 Å². The van der Waals surface area contributed by atoms with E-state index in [0.717, 1.165) is 30.3 Å². The second-order valence-corrected chi connectivity index (χ2v) is 5.94. The van der Waals surface area contributed by atoms with Gasteiger partial charge in [-0.25, -0.2) is 0 Å². The maximum atomic E-state index is 12.3. The van der Waals surface area contributed by atoms with E-state index in [1.54, 1.807) is 0 Å². The summed E-state index contributed by atoms with van der Waals surface area (Å²) in [5, 5.41) is 11.0. The summed E-state index contributed by atoms with van der Waals surface area (Å²) in [6.45, 7) is -0.0912. The molecule has 0 unspecified atom stereocenters. The molecule has 0 fully saturated rings. The number of rotatable bonds is 4. The Bertz CT molecular complexity index is 874. The minimum Gasteiger partial charge on any atom is -0.385 e. The number of amides is 1. The lowest BCUT2D eigenvalue weighted by Gasteiger charge is -2.26. The summed E-state index contributed by atoms with van der Waals surface area (Å²) in [5.41, 5.74) is 4.01. The van der Waals surface area contributed by atoms with Gasteiger partial charge >= 0.3 is 0 Å². The van der Waals surface area contributed by atoms with Crippen molar-refractivity contribution in [1.82, 2.24) is 20.5 Å². The second-order valence-electron chi connectivity index (χ2n) is 5.94. The van der Waals surface area contributed by atoms with Crippen molar-refractivity contribution in [3.05, 3.63) is 59.7 Å². The molecular weight excluding hydrogens is 304 g/mol. The molecule has 0 radical (unpaired) electrons. The summed E-state index contributed by atoms with van der Waals surface area (Å²) in [6, 6.07) is 15.8. The molecule has 2 aromatic carbocycles. The zero-order valence-corrected chi connectivity index (χ0v) is 13.2. The van der Waals surface area contributed by atoms with E-state index in [1.165, 1.54) is 16.0 Å². The summed E-state index contributed by atoms with van der Waals surface area (Å²) in [7, 11) is 0. The van der Waals surface area contributed by atoms with Crippen LogP contribution in [-0.4, -0.2) is 27.7 Å². The van der Waals surface area contributed by atoms with E-state index in [2.05, 4.69) is 27.8 Å². The van der Waals surface area contributed by atoms with Gasteiger partial charge in [0, 0.05) is 0 Å². The lowest BCUT2D eigenvalue weighted by molar-refractivity contribution is -0.127. The van der Waals surface area contributed by atoms with Crippen LogP contribution in [-0.2, 0) is 11.2 Å². The molecule has 0 saturated carbocycles. The van der Waals surface area contributed by atoms with Gasteiger partial charge in [-0.15, -0.1) is 5.10 Å². The van der Waals surface area contributed by atoms with Gasteiger partial charge in [0.1, 0.15) is 11.0 Å². The molecule has 4 rings (SSSR count). The third kappa shape index (κ3) is 2.82. The second kappa shape index (κ2) is 6.31. The number of hydrogen-bond donors (Lipinski definition) is 1. The van der Waals surface area contributed by atoms with Gasteiger partial charge in [-0.05, 0) is 47.7 Å². The molecule has 1 aromatic heterocycles. The third-order valence-corrected chi connectivity index (χ3v) is 4.34. The van der Waals surface area contributed by atoms with E-state index < -0.39 is 0 Å². The number of benzene rings is 2. The van der Waals surface area contributed by atoms with E-state index in [-0.39, 0.29) is 18.6 Å². The number of hydrogen-bond acceptors (Lipinski definition) is 4. The van der Waals surface area contributed by atoms with Gasteiger partial charge in [0.2, 0.25) is 0 Å². The standard InChI is InChI=1S/C18H18N4O2/c23-18(12-24-22-17-11-4-3-9-16(17)20-21-22)19-15-10-5-7-13-6-1-2-8-14(13)15/h1-4,6,8-9,11,15H,5,7,10,12H2,(H,19,23)/t15-/m1/s1.